The number of urea groups is 1. The van der Waals surface area contributed by atoms with Gasteiger partial charge in [-0.05, 0) is 75.2 Å². The number of fused-ring (bicyclic) bond motifs is 1. The fourth-order valence-corrected chi connectivity index (χ4v) is 3.84. The monoisotopic (exact) mass is 448 g/mol. The summed E-state index contributed by atoms with van der Waals surface area (Å²) in [6.45, 7) is 7.63. The summed E-state index contributed by atoms with van der Waals surface area (Å²) >= 11 is 0. The van der Waals surface area contributed by atoms with Crippen molar-refractivity contribution in [2.24, 2.45) is 0 Å². The normalized spacial score (nSPS) is 10.9. The maximum absolute atomic E-state index is 13.8. The molecule has 2 aromatic heterocycles. The van der Waals surface area contributed by atoms with Crippen molar-refractivity contribution in [3.05, 3.63) is 81.5 Å². The average molecular weight is 448 g/mol. The van der Waals surface area contributed by atoms with Gasteiger partial charge in [-0.15, -0.1) is 0 Å². The first-order valence-corrected chi connectivity index (χ1v) is 10.6. The Labute approximate surface area is 190 Å². The Morgan fingerprint density at radius 3 is 2.52 bits per heavy atom. The summed E-state index contributed by atoms with van der Waals surface area (Å²) in [5.74, 6) is 0.703. The Hall–Kier alpha value is -4.07. The van der Waals surface area contributed by atoms with Crippen molar-refractivity contribution in [3.63, 3.8) is 0 Å². The number of hydrogen-bond acceptors (Lipinski definition) is 3. The van der Waals surface area contributed by atoms with Crippen molar-refractivity contribution in [2.75, 3.05) is 11.9 Å². The molecular weight excluding hydrogens is 423 g/mol. The maximum atomic E-state index is 13.8. The largest absolute Gasteiger partial charge is 0.455 e. The zero-order valence-corrected chi connectivity index (χ0v) is 18.9. The summed E-state index contributed by atoms with van der Waals surface area (Å²) in [4.78, 5) is 27.7. The lowest BCUT2D eigenvalue weighted by Crippen LogP contribution is -2.28. The van der Waals surface area contributed by atoms with Crippen LogP contribution in [0.5, 0.6) is 11.5 Å². The van der Waals surface area contributed by atoms with E-state index in [0.29, 0.717) is 57.1 Å². The summed E-state index contributed by atoms with van der Waals surface area (Å²) in [7, 11) is 0. The minimum atomic E-state index is -0.330. The summed E-state index contributed by atoms with van der Waals surface area (Å²) in [6, 6.07) is 9.55. The number of anilines is 1. The van der Waals surface area contributed by atoms with Crippen LogP contribution in [-0.4, -0.2) is 22.1 Å². The Bertz CT molecular complexity index is 1400. The number of benzene rings is 2. The molecule has 0 atom stereocenters. The number of carbonyl (C=O) groups is 1. The van der Waals surface area contributed by atoms with Gasteiger partial charge in [0, 0.05) is 30.2 Å². The SMILES string of the molecule is CCNC(=O)Nc1ccc(Oc2c(C)cc(F)cc2C)c(-n2cc(C)c(=O)c3[nH]ccc32)c1. The molecule has 0 aliphatic heterocycles. The Morgan fingerprint density at radius 1 is 1.09 bits per heavy atom. The second-order valence-electron chi connectivity index (χ2n) is 7.89. The molecule has 0 saturated carbocycles. The van der Waals surface area contributed by atoms with Crippen molar-refractivity contribution >= 4 is 22.8 Å². The van der Waals surface area contributed by atoms with Crippen molar-refractivity contribution < 1.29 is 13.9 Å². The quantitative estimate of drug-likeness (QED) is 0.386. The predicted molar refractivity (Wildman–Crippen MR) is 127 cm³/mol. The van der Waals surface area contributed by atoms with Gasteiger partial charge in [-0.25, -0.2) is 9.18 Å². The first-order valence-electron chi connectivity index (χ1n) is 10.6. The third-order valence-electron chi connectivity index (χ3n) is 5.34. The van der Waals surface area contributed by atoms with Crippen LogP contribution in [0.2, 0.25) is 0 Å². The number of H-pyrrole nitrogens is 1. The van der Waals surface area contributed by atoms with E-state index in [1.807, 2.05) is 11.5 Å². The van der Waals surface area contributed by atoms with Crippen molar-refractivity contribution in [2.45, 2.75) is 27.7 Å². The number of ether oxygens (including phenoxy) is 1. The van der Waals surface area contributed by atoms with E-state index in [1.165, 1.54) is 12.1 Å². The third kappa shape index (κ3) is 4.32. The summed E-state index contributed by atoms with van der Waals surface area (Å²) in [5.41, 5.74) is 4.07. The molecule has 0 saturated heterocycles. The number of carbonyl (C=O) groups excluding carboxylic acids is 1. The van der Waals surface area contributed by atoms with E-state index < -0.39 is 0 Å². The van der Waals surface area contributed by atoms with Gasteiger partial charge < -0.3 is 24.9 Å². The van der Waals surface area contributed by atoms with Gasteiger partial charge in [0.2, 0.25) is 5.43 Å². The summed E-state index contributed by atoms with van der Waals surface area (Å²) in [5, 5.41) is 5.50. The lowest BCUT2D eigenvalue weighted by Gasteiger charge is -2.19. The van der Waals surface area contributed by atoms with Gasteiger partial charge in [-0.1, -0.05) is 0 Å². The molecular formula is C25H25FN4O3. The molecule has 2 heterocycles. The van der Waals surface area contributed by atoms with E-state index in [2.05, 4.69) is 15.6 Å². The zero-order valence-electron chi connectivity index (χ0n) is 18.9. The topological polar surface area (TPSA) is 88.2 Å². The number of aromatic nitrogens is 2. The molecule has 0 bridgehead atoms. The van der Waals surface area contributed by atoms with Crippen molar-refractivity contribution in [1.82, 2.24) is 14.9 Å². The smallest absolute Gasteiger partial charge is 0.319 e. The van der Waals surface area contributed by atoms with Gasteiger partial charge in [0.05, 0.1) is 11.2 Å². The molecule has 0 spiro atoms. The van der Waals surface area contributed by atoms with Crippen LogP contribution in [-0.2, 0) is 0 Å². The molecule has 7 nitrogen and oxygen atoms in total. The fourth-order valence-electron chi connectivity index (χ4n) is 3.84. The third-order valence-corrected chi connectivity index (χ3v) is 5.34. The van der Waals surface area contributed by atoms with Gasteiger partial charge >= 0.3 is 6.03 Å². The molecule has 3 N–H and O–H groups in total. The van der Waals surface area contributed by atoms with E-state index >= 15 is 0 Å². The molecule has 4 aromatic rings. The van der Waals surface area contributed by atoms with Crippen LogP contribution in [0, 0.1) is 26.6 Å². The van der Waals surface area contributed by atoms with Gasteiger partial charge in [0.25, 0.3) is 0 Å². The van der Waals surface area contributed by atoms with Crippen LogP contribution >= 0.6 is 0 Å². The molecule has 170 valence electrons. The molecule has 8 heteroatoms. The first kappa shape index (κ1) is 22.1. The van der Waals surface area contributed by atoms with Crippen LogP contribution in [0.1, 0.15) is 23.6 Å². The predicted octanol–water partition coefficient (Wildman–Crippen LogP) is 5.32. The van der Waals surface area contributed by atoms with E-state index in [-0.39, 0.29) is 17.3 Å². The van der Waals surface area contributed by atoms with E-state index in [4.69, 9.17) is 4.74 Å². The average Bonchev–Trinajstić information content (AvgIpc) is 3.24. The van der Waals surface area contributed by atoms with Crippen LogP contribution in [0.3, 0.4) is 0 Å². The lowest BCUT2D eigenvalue weighted by molar-refractivity contribution is 0.252. The number of aromatic amines is 1. The number of aryl methyl sites for hydroxylation is 3. The summed E-state index contributed by atoms with van der Waals surface area (Å²) in [6.07, 6.45) is 3.44. The van der Waals surface area contributed by atoms with Gasteiger partial charge in [0.1, 0.15) is 17.1 Å². The van der Waals surface area contributed by atoms with E-state index in [9.17, 15) is 14.0 Å². The van der Waals surface area contributed by atoms with Crippen LogP contribution in [0.15, 0.2) is 53.6 Å². The number of nitrogens with zero attached hydrogens (tertiary/aromatic N) is 1. The minimum Gasteiger partial charge on any atom is -0.455 e. The first-order chi connectivity index (χ1) is 15.8. The molecule has 4 rings (SSSR count). The van der Waals surface area contributed by atoms with Crippen LogP contribution in [0.4, 0.5) is 14.9 Å². The molecule has 33 heavy (non-hydrogen) atoms. The molecule has 0 radical (unpaired) electrons. The standard InChI is InChI=1S/C25H25FN4O3/c1-5-27-25(32)29-18-6-7-21(33-24-14(2)10-17(26)11-15(24)3)20(12-18)30-13-16(4)23(31)22-19(30)8-9-28-22/h6-13,28H,5H2,1-4H3,(H2,27,29,32). The Balaban J connectivity index is 1.90. The van der Waals surface area contributed by atoms with Gasteiger partial charge in [-0.2, -0.15) is 0 Å². The number of hydrogen-bond donors (Lipinski definition) is 3. The highest BCUT2D eigenvalue weighted by Crippen LogP contribution is 2.35. The van der Waals surface area contributed by atoms with Gasteiger partial charge in [0.15, 0.2) is 5.75 Å². The number of halogens is 1. The lowest BCUT2D eigenvalue weighted by atomic mass is 10.1. The zero-order chi connectivity index (χ0) is 23.7. The number of pyridine rings is 1. The molecule has 0 aliphatic rings. The number of rotatable bonds is 5. The van der Waals surface area contributed by atoms with Crippen LogP contribution in [0.25, 0.3) is 16.7 Å². The van der Waals surface area contributed by atoms with Crippen LogP contribution < -0.4 is 20.8 Å². The van der Waals surface area contributed by atoms with Crippen molar-refractivity contribution in [1.29, 1.82) is 0 Å². The second-order valence-corrected chi connectivity index (χ2v) is 7.89. The van der Waals surface area contributed by atoms with Crippen molar-refractivity contribution in [3.8, 4) is 17.2 Å². The summed E-state index contributed by atoms with van der Waals surface area (Å²) < 4.78 is 21.9. The highest BCUT2D eigenvalue weighted by atomic mass is 19.1. The highest BCUT2D eigenvalue weighted by Gasteiger charge is 2.16. The minimum absolute atomic E-state index is 0.0875. The molecule has 0 aliphatic carbocycles. The number of nitrogens with one attached hydrogen (secondary N) is 3. The van der Waals surface area contributed by atoms with E-state index in [1.54, 1.807) is 57.4 Å². The second kappa shape index (κ2) is 8.82. The highest BCUT2D eigenvalue weighted by molar-refractivity contribution is 5.90. The molecule has 2 amide bonds. The Kier molecular flexibility index (Phi) is 5.91. The fraction of sp³-hybridized carbons (Fsp3) is 0.200. The van der Waals surface area contributed by atoms with Gasteiger partial charge in [-0.3, -0.25) is 4.79 Å². The molecule has 0 fully saturated rings. The Morgan fingerprint density at radius 2 is 1.82 bits per heavy atom. The maximum Gasteiger partial charge on any atom is 0.319 e. The number of amides is 2. The molecule has 0 unspecified atom stereocenters. The van der Waals surface area contributed by atoms with E-state index in [0.717, 1.165) is 0 Å². The molecule has 2 aromatic carbocycles.